The zero-order valence-electron chi connectivity index (χ0n) is 10.6. The first kappa shape index (κ1) is 13.1. The van der Waals surface area contributed by atoms with E-state index in [1.807, 2.05) is 0 Å². The lowest BCUT2D eigenvalue weighted by Gasteiger charge is -2.06. The Kier molecular flexibility index (Phi) is 3.40. The number of amides is 1. The molecule has 4 nitrogen and oxygen atoms in total. The van der Waals surface area contributed by atoms with E-state index in [1.54, 1.807) is 0 Å². The molecule has 0 aliphatic heterocycles. The summed E-state index contributed by atoms with van der Waals surface area (Å²) in [7, 11) is 0. The topological polar surface area (TPSA) is 62.2 Å². The van der Waals surface area contributed by atoms with Crippen molar-refractivity contribution < 1.29 is 14.3 Å². The van der Waals surface area contributed by atoms with Crippen LogP contribution < -0.4 is 5.32 Å². The van der Waals surface area contributed by atoms with Gasteiger partial charge in [-0.15, -0.1) is 11.3 Å². The minimum atomic E-state index is -0.564. The lowest BCUT2D eigenvalue weighted by Crippen LogP contribution is -2.12. The van der Waals surface area contributed by atoms with Gasteiger partial charge in [-0.2, -0.15) is 0 Å². The highest BCUT2D eigenvalue weighted by Crippen LogP contribution is 2.30. The predicted molar refractivity (Wildman–Crippen MR) is 74.8 cm³/mol. The molecule has 0 bridgehead atoms. The summed E-state index contributed by atoms with van der Waals surface area (Å²) >= 11 is 1.45. The fourth-order valence-electron chi connectivity index (χ4n) is 2.26. The van der Waals surface area contributed by atoms with Gasteiger partial charge in [0.2, 0.25) is 0 Å². The molecule has 0 saturated heterocycles. The molecule has 1 aliphatic carbocycles. The fraction of sp³-hybridized carbons (Fsp3) is 0.286. The monoisotopic (exact) mass is 292 g/mol. The Morgan fingerprint density at radius 3 is 2.95 bits per heavy atom. The van der Waals surface area contributed by atoms with Crippen LogP contribution in [0, 0.1) is 5.82 Å². The molecule has 1 aromatic heterocycles. The largest absolute Gasteiger partial charge is 0.507 e. The molecule has 0 saturated carbocycles. The van der Waals surface area contributed by atoms with Crippen LogP contribution in [0.2, 0.25) is 0 Å². The first-order chi connectivity index (χ1) is 9.63. The number of hydrogen-bond donors (Lipinski definition) is 2. The molecule has 2 N–H and O–H groups in total. The number of aromatic hydroxyl groups is 1. The van der Waals surface area contributed by atoms with Crippen molar-refractivity contribution in [1.29, 1.82) is 0 Å². The molecule has 0 fully saturated rings. The maximum absolute atomic E-state index is 13.1. The number of halogens is 1. The molecule has 104 valence electrons. The first-order valence-corrected chi connectivity index (χ1v) is 7.23. The molecule has 1 aromatic carbocycles. The summed E-state index contributed by atoms with van der Waals surface area (Å²) in [6.45, 7) is 0. The normalized spacial score (nSPS) is 13.8. The van der Waals surface area contributed by atoms with E-state index in [-0.39, 0.29) is 11.3 Å². The number of benzene rings is 1. The van der Waals surface area contributed by atoms with E-state index in [1.165, 1.54) is 16.2 Å². The second-order valence-electron chi connectivity index (χ2n) is 4.71. The number of hydrogen-bond acceptors (Lipinski definition) is 4. The Morgan fingerprint density at radius 2 is 2.15 bits per heavy atom. The molecule has 0 unspecified atom stereocenters. The van der Waals surface area contributed by atoms with Crippen molar-refractivity contribution in [2.75, 3.05) is 5.32 Å². The number of carbonyl (C=O) groups is 1. The zero-order valence-corrected chi connectivity index (χ0v) is 11.5. The Balaban J connectivity index is 1.82. The Morgan fingerprint density at radius 1 is 1.35 bits per heavy atom. The summed E-state index contributed by atoms with van der Waals surface area (Å²) < 4.78 is 13.1. The summed E-state index contributed by atoms with van der Waals surface area (Å²) in [5, 5.41) is 12.7. The number of thiazole rings is 1. The molecular formula is C14H13FN2O2S. The van der Waals surface area contributed by atoms with Crippen LogP contribution in [0.3, 0.4) is 0 Å². The number of anilines is 1. The molecular weight excluding hydrogens is 279 g/mol. The Bertz CT molecular complexity index is 646. The van der Waals surface area contributed by atoms with Crippen molar-refractivity contribution >= 4 is 22.4 Å². The van der Waals surface area contributed by atoms with E-state index < -0.39 is 11.7 Å². The van der Waals surface area contributed by atoms with Gasteiger partial charge in [0.1, 0.15) is 11.6 Å². The average Bonchev–Trinajstić information content (AvgIpc) is 2.83. The van der Waals surface area contributed by atoms with Gasteiger partial charge in [-0.25, -0.2) is 9.37 Å². The number of nitrogens with zero attached hydrogens (tertiary/aromatic N) is 1. The van der Waals surface area contributed by atoms with E-state index in [9.17, 15) is 14.3 Å². The number of aryl methyl sites for hydroxylation is 2. The SMILES string of the molecule is O=C(Nc1nc2c(s1)CCCC2)c1cc(F)ccc1O. The third-order valence-corrected chi connectivity index (χ3v) is 4.34. The van der Waals surface area contributed by atoms with Gasteiger partial charge in [0, 0.05) is 4.88 Å². The molecule has 0 atom stereocenters. The maximum Gasteiger partial charge on any atom is 0.261 e. The number of rotatable bonds is 2. The predicted octanol–water partition coefficient (Wildman–Crippen LogP) is 3.12. The standard InChI is InChI=1S/C14H13FN2O2S/c15-8-5-6-11(18)9(7-8)13(19)17-14-16-10-3-1-2-4-12(10)20-14/h5-7,18H,1-4H2,(H,16,17,19). The van der Waals surface area contributed by atoms with Crippen LogP contribution in [0.5, 0.6) is 5.75 Å². The number of fused-ring (bicyclic) bond motifs is 1. The van der Waals surface area contributed by atoms with E-state index in [4.69, 9.17) is 0 Å². The van der Waals surface area contributed by atoms with E-state index in [0.717, 1.165) is 49.6 Å². The molecule has 3 rings (SSSR count). The average molecular weight is 292 g/mol. The lowest BCUT2D eigenvalue weighted by atomic mass is 10.0. The minimum absolute atomic E-state index is 0.0850. The fourth-order valence-corrected chi connectivity index (χ4v) is 3.30. The van der Waals surface area contributed by atoms with Crippen molar-refractivity contribution in [3.63, 3.8) is 0 Å². The Hall–Kier alpha value is -1.95. The quantitative estimate of drug-likeness (QED) is 0.894. The number of carbonyl (C=O) groups excluding carboxylic acids is 1. The first-order valence-electron chi connectivity index (χ1n) is 6.42. The molecule has 0 spiro atoms. The summed E-state index contributed by atoms with van der Waals surface area (Å²) in [6.07, 6.45) is 4.20. The van der Waals surface area contributed by atoms with Crippen LogP contribution in [0.15, 0.2) is 18.2 Å². The summed E-state index contributed by atoms with van der Waals surface area (Å²) in [4.78, 5) is 17.6. The van der Waals surface area contributed by atoms with Gasteiger partial charge in [0.05, 0.1) is 11.3 Å². The summed E-state index contributed by atoms with van der Waals surface area (Å²) in [5.41, 5.74) is 0.957. The highest BCUT2D eigenvalue weighted by atomic mass is 32.1. The van der Waals surface area contributed by atoms with Crippen LogP contribution in [0.4, 0.5) is 9.52 Å². The number of nitrogens with one attached hydrogen (secondary N) is 1. The lowest BCUT2D eigenvalue weighted by molar-refractivity contribution is 0.102. The molecule has 0 radical (unpaired) electrons. The van der Waals surface area contributed by atoms with Gasteiger partial charge in [0.15, 0.2) is 5.13 Å². The van der Waals surface area contributed by atoms with Crippen LogP contribution in [0.1, 0.15) is 33.8 Å². The van der Waals surface area contributed by atoms with Crippen LogP contribution in [0.25, 0.3) is 0 Å². The summed E-state index contributed by atoms with van der Waals surface area (Å²) in [6, 6.07) is 3.28. The number of aromatic nitrogens is 1. The molecule has 20 heavy (non-hydrogen) atoms. The van der Waals surface area contributed by atoms with E-state index in [0.29, 0.717) is 5.13 Å². The molecule has 1 amide bonds. The second-order valence-corrected chi connectivity index (χ2v) is 5.80. The molecule has 2 aromatic rings. The van der Waals surface area contributed by atoms with Crippen LogP contribution in [-0.2, 0) is 12.8 Å². The number of phenols is 1. The second kappa shape index (κ2) is 5.20. The van der Waals surface area contributed by atoms with Crippen molar-refractivity contribution in [2.45, 2.75) is 25.7 Å². The number of phenolic OH excluding ortho intramolecular Hbond substituents is 1. The van der Waals surface area contributed by atoms with Gasteiger partial charge < -0.3 is 5.11 Å². The molecule has 1 aliphatic rings. The molecule has 6 heteroatoms. The zero-order chi connectivity index (χ0) is 14.1. The smallest absolute Gasteiger partial charge is 0.261 e. The van der Waals surface area contributed by atoms with E-state index in [2.05, 4.69) is 10.3 Å². The third kappa shape index (κ3) is 2.51. The van der Waals surface area contributed by atoms with Crippen LogP contribution >= 0.6 is 11.3 Å². The van der Waals surface area contributed by atoms with Gasteiger partial charge in [-0.3, -0.25) is 10.1 Å². The maximum atomic E-state index is 13.1. The van der Waals surface area contributed by atoms with Crippen molar-refractivity contribution in [3.8, 4) is 5.75 Å². The minimum Gasteiger partial charge on any atom is -0.507 e. The van der Waals surface area contributed by atoms with Crippen molar-refractivity contribution in [2.24, 2.45) is 0 Å². The van der Waals surface area contributed by atoms with Gasteiger partial charge in [-0.05, 0) is 43.9 Å². The van der Waals surface area contributed by atoms with Crippen molar-refractivity contribution in [1.82, 2.24) is 4.98 Å². The van der Waals surface area contributed by atoms with Gasteiger partial charge in [0.25, 0.3) is 5.91 Å². The third-order valence-electron chi connectivity index (χ3n) is 3.27. The highest BCUT2D eigenvalue weighted by Gasteiger charge is 2.18. The van der Waals surface area contributed by atoms with Gasteiger partial charge >= 0.3 is 0 Å². The van der Waals surface area contributed by atoms with E-state index >= 15 is 0 Å². The molecule has 1 heterocycles. The highest BCUT2D eigenvalue weighted by molar-refractivity contribution is 7.15. The van der Waals surface area contributed by atoms with Gasteiger partial charge in [-0.1, -0.05) is 0 Å². The van der Waals surface area contributed by atoms with Crippen molar-refractivity contribution in [3.05, 3.63) is 40.2 Å². The summed E-state index contributed by atoms with van der Waals surface area (Å²) in [5.74, 6) is -1.36. The Labute approximate surface area is 119 Å². The van der Waals surface area contributed by atoms with Crippen LogP contribution in [-0.4, -0.2) is 16.0 Å².